The van der Waals surface area contributed by atoms with E-state index in [0.717, 1.165) is 23.9 Å². The zero-order valence-corrected chi connectivity index (χ0v) is 12.5. The van der Waals surface area contributed by atoms with E-state index in [2.05, 4.69) is 26.6 Å². The van der Waals surface area contributed by atoms with E-state index in [0.29, 0.717) is 18.8 Å². The second kappa shape index (κ2) is 6.23. The Morgan fingerprint density at radius 3 is 2.68 bits per heavy atom. The van der Waals surface area contributed by atoms with Gasteiger partial charge in [0.25, 0.3) is 5.91 Å². The zero-order chi connectivity index (χ0) is 13.8. The van der Waals surface area contributed by atoms with Crippen LogP contribution in [0.3, 0.4) is 0 Å². The summed E-state index contributed by atoms with van der Waals surface area (Å²) in [5, 5.41) is 5.62. The Balaban J connectivity index is 1.75. The summed E-state index contributed by atoms with van der Waals surface area (Å²) in [5.74, 6) is 0.200. The lowest BCUT2D eigenvalue weighted by atomic mass is 10.3. The molecule has 0 spiro atoms. The highest BCUT2D eigenvalue weighted by molar-refractivity contribution is 9.10. The van der Waals surface area contributed by atoms with Gasteiger partial charge in [-0.3, -0.25) is 9.59 Å². The van der Waals surface area contributed by atoms with E-state index in [-0.39, 0.29) is 17.7 Å². The second-order valence-electron chi connectivity index (χ2n) is 4.65. The quantitative estimate of drug-likeness (QED) is 0.778. The molecule has 2 N–H and O–H groups in total. The van der Waals surface area contributed by atoms with Crippen LogP contribution in [0.4, 0.5) is 0 Å². The number of rotatable bonds is 6. The lowest BCUT2D eigenvalue weighted by Crippen LogP contribution is -2.35. The summed E-state index contributed by atoms with van der Waals surface area (Å²) in [7, 11) is 0. The summed E-state index contributed by atoms with van der Waals surface area (Å²) in [6.07, 6.45) is 3.87. The van der Waals surface area contributed by atoms with Gasteiger partial charge in [-0.05, 0) is 41.8 Å². The molecule has 0 saturated heterocycles. The van der Waals surface area contributed by atoms with Crippen LogP contribution in [0, 0.1) is 5.92 Å². The molecule has 0 aliphatic heterocycles. The summed E-state index contributed by atoms with van der Waals surface area (Å²) < 4.78 is 2.77. The van der Waals surface area contributed by atoms with Gasteiger partial charge in [-0.1, -0.05) is 0 Å². The number of aryl methyl sites for hydroxylation is 1. The largest absolute Gasteiger partial charge is 0.354 e. The molecule has 1 aliphatic rings. The zero-order valence-electron chi connectivity index (χ0n) is 10.9. The molecule has 2 amide bonds. The minimum Gasteiger partial charge on any atom is -0.354 e. The van der Waals surface area contributed by atoms with Gasteiger partial charge >= 0.3 is 0 Å². The molecule has 1 aromatic rings. The molecule has 1 aliphatic carbocycles. The fourth-order valence-electron chi connectivity index (χ4n) is 1.87. The Morgan fingerprint density at radius 1 is 1.37 bits per heavy atom. The Hall–Kier alpha value is -1.30. The predicted molar refractivity (Wildman–Crippen MR) is 75.9 cm³/mol. The number of carbonyl (C=O) groups is 2. The van der Waals surface area contributed by atoms with Gasteiger partial charge in [0.15, 0.2) is 0 Å². The van der Waals surface area contributed by atoms with E-state index in [1.807, 2.05) is 17.7 Å². The first-order valence-corrected chi connectivity index (χ1v) is 7.32. The number of hydrogen-bond acceptors (Lipinski definition) is 2. The third kappa shape index (κ3) is 3.83. The van der Waals surface area contributed by atoms with Crippen molar-refractivity contribution in [1.29, 1.82) is 0 Å². The molecule has 0 bridgehead atoms. The van der Waals surface area contributed by atoms with Crippen molar-refractivity contribution in [3.63, 3.8) is 0 Å². The number of carbonyl (C=O) groups excluding carboxylic acids is 2. The highest BCUT2D eigenvalue weighted by Gasteiger charge is 2.29. The SMILES string of the molecule is CCn1cc(Br)cc1C(=O)NCCNC(=O)C1CC1. The third-order valence-corrected chi connectivity index (χ3v) is 3.53. The maximum atomic E-state index is 12.0. The van der Waals surface area contributed by atoms with E-state index >= 15 is 0 Å². The number of amides is 2. The van der Waals surface area contributed by atoms with Crippen molar-refractivity contribution in [3.8, 4) is 0 Å². The molecule has 1 heterocycles. The van der Waals surface area contributed by atoms with E-state index in [4.69, 9.17) is 0 Å². The molecule has 6 heteroatoms. The summed E-state index contributed by atoms with van der Waals surface area (Å²) in [5.41, 5.74) is 0.628. The number of halogens is 1. The van der Waals surface area contributed by atoms with Crippen LogP contribution >= 0.6 is 15.9 Å². The van der Waals surface area contributed by atoms with Crippen LogP contribution in [0.5, 0.6) is 0 Å². The minimum atomic E-state index is -0.117. The summed E-state index contributed by atoms with van der Waals surface area (Å²) in [4.78, 5) is 23.4. The van der Waals surface area contributed by atoms with Gasteiger partial charge in [0, 0.05) is 36.2 Å². The van der Waals surface area contributed by atoms with Gasteiger partial charge in [-0.25, -0.2) is 0 Å². The molecule has 0 aromatic carbocycles. The fraction of sp³-hybridized carbons (Fsp3) is 0.538. The van der Waals surface area contributed by atoms with Gasteiger partial charge in [0.2, 0.25) is 5.91 Å². The third-order valence-electron chi connectivity index (χ3n) is 3.09. The summed E-state index contributed by atoms with van der Waals surface area (Å²) in [6, 6.07) is 1.79. The first kappa shape index (κ1) is 14.1. The van der Waals surface area contributed by atoms with Crippen LogP contribution < -0.4 is 10.6 Å². The molecule has 0 unspecified atom stereocenters. The predicted octanol–water partition coefficient (Wildman–Crippen LogP) is 1.53. The number of hydrogen-bond donors (Lipinski definition) is 2. The monoisotopic (exact) mass is 327 g/mol. The van der Waals surface area contributed by atoms with E-state index in [1.165, 1.54) is 0 Å². The Bertz CT molecular complexity index is 480. The molecular weight excluding hydrogens is 310 g/mol. The Labute approximate surface area is 120 Å². The molecule has 0 atom stereocenters. The molecule has 104 valence electrons. The average Bonchev–Trinajstić information content (AvgIpc) is 3.17. The molecule has 1 saturated carbocycles. The standard InChI is InChI=1S/C13H18BrN3O2/c1-2-17-8-10(14)7-11(17)13(19)16-6-5-15-12(18)9-3-4-9/h7-9H,2-6H2,1H3,(H,15,18)(H,16,19). The van der Waals surface area contributed by atoms with E-state index < -0.39 is 0 Å². The molecule has 0 radical (unpaired) electrons. The summed E-state index contributed by atoms with van der Waals surface area (Å²) >= 11 is 3.36. The van der Waals surface area contributed by atoms with Crippen LogP contribution in [0.15, 0.2) is 16.7 Å². The molecule has 1 aromatic heterocycles. The van der Waals surface area contributed by atoms with Gasteiger partial charge in [0.05, 0.1) is 0 Å². The maximum Gasteiger partial charge on any atom is 0.268 e. The van der Waals surface area contributed by atoms with Gasteiger partial charge < -0.3 is 15.2 Å². The van der Waals surface area contributed by atoms with Gasteiger partial charge in [-0.15, -0.1) is 0 Å². The minimum absolute atomic E-state index is 0.105. The van der Waals surface area contributed by atoms with Crippen LogP contribution in [-0.4, -0.2) is 29.5 Å². The van der Waals surface area contributed by atoms with Crippen molar-refractivity contribution in [2.45, 2.75) is 26.3 Å². The molecule has 2 rings (SSSR count). The smallest absolute Gasteiger partial charge is 0.268 e. The maximum absolute atomic E-state index is 12.0. The van der Waals surface area contributed by atoms with E-state index in [9.17, 15) is 9.59 Å². The van der Waals surface area contributed by atoms with Crippen LogP contribution in [0.1, 0.15) is 30.3 Å². The van der Waals surface area contributed by atoms with Crippen LogP contribution in [0.2, 0.25) is 0 Å². The molecular formula is C13H18BrN3O2. The normalized spacial score (nSPS) is 14.2. The number of aromatic nitrogens is 1. The van der Waals surface area contributed by atoms with Crippen molar-refractivity contribution in [2.75, 3.05) is 13.1 Å². The highest BCUT2D eigenvalue weighted by Crippen LogP contribution is 2.28. The molecule has 1 fully saturated rings. The topological polar surface area (TPSA) is 63.1 Å². The van der Waals surface area contributed by atoms with Gasteiger partial charge in [0.1, 0.15) is 5.69 Å². The van der Waals surface area contributed by atoms with Crippen molar-refractivity contribution in [3.05, 3.63) is 22.4 Å². The summed E-state index contributed by atoms with van der Waals surface area (Å²) in [6.45, 7) is 3.66. The first-order valence-electron chi connectivity index (χ1n) is 6.53. The number of nitrogens with zero attached hydrogens (tertiary/aromatic N) is 1. The van der Waals surface area contributed by atoms with Crippen molar-refractivity contribution < 1.29 is 9.59 Å². The lowest BCUT2D eigenvalue weighted by molar-refractivity contribution is -0.122. The van der Waals surface area contributed by atoms with Crippen molar-refractivity contribution >= 4 is 27.7 Å². The van der Waals surface area contributed by atoms with E-state index in [1.54, 1.807) is 6.07 Å². The van der Waals surface area contributed by atoms with Crippen molar-refractivity contribution in [2.24, 2.45) is 5.92 Å². The molecule has 5 nitrogen and oxygen atoms in total. The van der Waals surface area contributed by atoms with Gasteiger partial charge in [-0.2, -0.15) is 0 Å². The first-order chi connectivity index (χ1) is 9.11. The Kier molecular flexibility index (Phi) is 4.63. The highest BCUT2D eigenvalue weighted by atomic mass is 79.9. The van der Waals surface area contributed by atoms with Crippen LogP contribution in [-0.2, 0) is 11.3 Å². The second-order valence-corrected chi connectivity index (χ2v) is 5.57. The Morgan fingerprint density at radius 2 is 2.05 bits per heavy atom. The fourth-order valence-corrected chi connectivity index (χ4v) is 2.33. The van der Waals surface area contributed by atoms with Crippen molar-refractivity contribution in [1.82, 2.24) is 15.2 Å². The van der Waals surface area contributed by atoms with Crippen LogP contribution in [0.25, 0.3) is 0 Å². The number of nitrogens with one attached hydrogen (secondary N) is 2. The molecule has 19 heavy (non-hydrogen) atoms. The lowest BCUT2D eigenvalue weighted by Gasteiger charge is -2.08. The average molecular weight is 328 g/mol.